The largest absolute Gasteiger partial charge is 0.481 e. The molecule has 0 aliphatic heterocycles. The first kappa shape index (κ1) is 22.4. The fourth-order valence-electron chi connectivity index (χ4n) is 2.34. The van der Waals surface area contributed by atoms with Crippen LogP contribution in [0.1, 0.15) is 84.0 Å². The molecule has 0 aliphatic rings. The summed E-state index contributed by atoms with van der Waals surface area (Å²) < 4.78 is 0. The summed E-state index contributed by atoms with van der Waals surface area (Å²) in [5, 5.41) is 8.54. The number of hydrogen-bond acceptors (Lipinski definition) is 1. The van der Waals surface area contributed by atoms with Gasteiger partial charge in [-0.1, -0.05) is 81.2 Å². The Morgan fingerprint density at radius 3 is 1.67 bits per heavy atom. The summed E-state index contributed by atoms with van der Waals surface area (Å²) in [6.07, 6.45) is 30.3. The summed E-state index contributed by atoms with van der Waals surface area (Å²) >= 11 is 0. The number of aliphatic carboxylic acids is 1. The minimum atomic E-state index is -0.672. The molecule has 24 heavy (non-hydrogen) atoms. The van der Waals surface area contributed by atoms with E-state index in [1.165, 1.54) is 25.7 Å². The summed E-state index contributed by atoms with van der Waals surface area (Å²) in [6.45, 7) is 2.15. The van der Waals surface area contributed by atoms with Gasteiger partial charge in [0, 0.05) is 6.42 Å². The van der Waals surface area contributed by atoms with Gasteiger partial charge in [0.25, 0.3) is 0 Å². The molecule has 0 aromatic heterocycles. The second-order valence-corrected chi connectivity index (χ2v) is 6.05. The Labute approximate surface area is 149 Å². The second-order valence-electron chi connectivity index (χ2n) is 6.05. The van der Waals surface area contributed by atoms with Gasteiger partial charge in [0.05, 0.1) is 0 Å². The van der Waals surface area contributed by atoms with Crippen molar-refractivity contribution in [3.8, 4) is 0 Å². The van der Waals surface area contributed by atoms with Gasteiger partial charge in [-0.3, -0.25) is 4.79 Å². The van der Waals surface area contributed by atoms with Crippen molar-refractivity contribution < 1.29 is 9.90 Å². The predicted molar refractivity (Wildman–Crippen MR) is 105 cm³/mol. The molecule has 0 atom stereocenters. The van der Waals surface area contributed by atoms with E-state index in [1.807, 2.05) is 0 Å². The van der Waals surface area contributed by atoms with Crippen LogP contribution in [0.2, 0.25) is 0 Å². The molecule has 0 aliphatic carbocycles. The normalized spacial score (nSPS) is 12.4. The molecule has 0 aromatic carbocycles. The highest BCUT2D eigenvalue weighted by atomic mass is 16.4. The number of allylic oxidation sites excluding steroid dienone is 8. The highest BCUT2D eigenvalue weighted by molar-refractivity contribution is 5.66. The van der Waals surface area contributed by atoms with Gasteiger partial charge in [-0.2, -0.15) is 0 Å². The Kier molecular flexibility index (Phi) is 18.2. The van der Waals surface area contributed by atoms with Crippen LogP contribution in [0.15, 0.2) is 48.6 Å². The van der Waals surface area contributed by atoms with E-state index in [4.69, 9.17) is 5.11 Å². The molecule has 1 N–H and O–H groups in total. The maximum Gasteiger partial charge on any atom is 0.303 e. The number of unbranched alkanes of at least 4 members (excludes halogenated alkanes) is 6. The molecule has 0 unspecified atom stereocenters. The lowest BCUT2D eigenvalue weighted by molar-refractivity contribution is -0.137. The predicted octanol–water partition coefficient (Wildman–Crippen LogP) is 7.00. The fourth-order valence-corrected chi connectivity index (χ4v) is 2.34. The number of carbonyl (C=O) groups is 1. The van der Waals surface area contributed by atoms with Gasteiger partial charge in [-0.15, -0.1) is 0 Å². The second kappa shape index (κ2) is 19.5. The van der Waals surface area contributed by atoms with Crippen molar-refractivity contribution in [2.45, 2.75) is 84.0 Å². The summed E-state index contributed by atoms with van der Waals surface area (Å²) in [4.78, 5) is 10.4. The maximum atomic E-state index is 10.4. The van der Waals surface area contributed by atoms with E-state index in [2.05, 4.69) is 55.5 Å². The zero-order valence-electron chi connectivity index (χ0n) is 15.5. The van der Waals surface area contributed by atoms with Crippen LogP contribution in [-0.2, 0) is 4.79 Å². The van der Waals surface area contributed by atoms with Crippen molar-refractivity contribution >= 4 is 5.97 Å². The Balaban J connectivity index is 3.30. The van der Waals surface area contributed by atoms with Crippen LogP contribution in [0.5, 0.6) is 0 Å². The molecule has 2 heteroatoms. The van der Waals surface area contributed by atoms with Crippen molar-refractivity contribution in [1.29, 1.82) is 0 Å². The molecule has 0 saturated heterocycles. The Morgan fingerprint density at radius 1 is 0.667 bits per heavy atom. The summed E-state index contributed by atoms with van der Waals surface area (Å²) in [5.74, 6) is -0.672. The molecular weight excluding hydrogens is 296 g/mol. The molecule has 0 amide bonds. The minimum Gasteiger partial charge on any atom is -0.481 e. The Bertz CT molecular complexity index is 389. The first-order chi connectivity index (χ1) is 11.8. The molecule has 0 spiro atoms. The van der Waals surface area contributed by atoms with Crippen molar-refractivity contribution in [1.82, 2.24) is 0 Å². The number of carboxylic acid groups (broad SMARTS) is 1. The lowest BCUT2D eigenvalue weighted by atomic mass is 10.1. The van der Waals surface area contributed by atoms with Crippen LogP contribution in [0.25, 0.3) is 0 Å². The zero-order valence-corrected chi connectivity index (χ0v) is 15.5. The fraction of sp³-hybridized carbons (Fsp3) is 0.591. The van der Waals surface area contributed by atoms with E-state index < -0.39 is 5.97 Å². The van der Waals surface area contributed by atoms with Gasteiger partial charge in [0.2, 0.25) is 0 Å². The van der Waals surface area contributed by atoms with E-state index in [1.54, 1.807) is 0 Å². The van der Waals surface area contributed by atoms with E-state index in [9.17, 15) is 4.79 Å². The quantitative estimate of drug-likeness (QED) is 0.244. The van der Waals surface area contributed by atoms with Gasteiger partial charge in [-0.25, -0.2) is 0 Å². The number of carboxylic acids is 1. The van der Waals surface area contributed by atoms with Crippen LogP contribution >= 0.6 is 0 Å². The zero-order chi connectivity index (χ0) is 17.7. The number of rotatable bonds is 16. The monoisotopic (exact) mass is 332 g/mol. The van der Waals surface area contributed by atoms with Gasteiger partial charge in [0.15, 0.2) is 0 Å². The highest BCUT2D eigenvalue weighted by Gasteiger charge is 1.95. The summed E-state index contributed by atoms with van der Waals surface area (Å²) in [6, 6.07) is 0. The van der Waals surface area contributed by atoms with Gasteiger partial charge in [0.1, 0.15) is 0 Å². The summed E-state index contributed by atoms with van der Waals surface area (Å²) in [5.41, 5.74) is 0. The maximum absolute atomic E-state index is 10.4. The molecule has 0 aromatic rings. The summed E-state index contributed by atoms with van der Waals surface area (Å²) in [7, 11) is 0. The molecule has 0 radical (unpaired) electrons. The van der Waals surface area contributed by atoms with E-state index in [-0.39, 0.29) is 0 Å². The van der Waals surface area contributed by atoms with Crippen LogP contribution in [-0.4, -0.2) is 11.1 Å². The van der Waals surface area contributed by atoms with Crippen LogP contribution in [0.3, 0.4) is 0 Å². The highest BCUT2D eigenvalue weighted by Crippen LogP contribution is 2.09. The molecule has 0 saturated carbocycles. The smallest absolute Gasteiger partial charge is 0.303 e. The van der Waals surface area contributed by atoms with Crippen LogP contribution in [0, 0.1) is 0 Å². The van der Waals surface area contributed by atoms with E-state index >= 15 is 0 Å². The number of hydrogen-bond donors (Lipinski definition) is 1. The lowest BCUT2D eigenvalue weighted by Crippen LogP contribution is -1.93. The van der Waals surface area contributed by atoms with Gasteiger partial charge in [-0.05, 0) is 44.9 Å². The molecular formula is C22H36O2. The molecule has 2 nitrogen and oxygen atoms in total. The van der Waals surface area contributed by atoms with Crippen molar-refractivity contribution in [2.24, 2.45) is 0 Å². The molecule has 0 rings (SSSR count). The minimum absolute atomic E-state index is 0.321. The van der Waals surface area contributed by atoms with E-state index in [0.29, 0.717) is 6.42 Å². The van der Waals surface area contributed by atoms with Gasteiger partial charge >= 0.3 is 5.97 Å². The van der Waals surface area contributed by atoms with Gasteiger partial charge < -0.3 is 5.11 Å². The average molecular weight is 333 g/mol. The van der Waals surface area contributed by atoms with Crippen molar-refractivity contribution in [3.63, 3.8) is 0 Å². The lowest BCUT2D eigenvalue weighted by Gasteiger charge is -1.99. The average Bonchev–Trinajstić information content (AvgIpc) is 2.56. The Morgan fingerprint density at radius 2 is 1.12 bits per heavy atom. The van der Waals surface area contributed by atoms with Crippen LogP contribution < -0.4 is 0 Å². The SMILES string of the molecule is CC/C=C\C/C=C\C/C=C\C/C=C\CCCCCCCCC(=O)O. The van der Waals surface area contributed by atoms with Crippen LogP contribution in [0.4, 0.5) is 0 Å². The van der Waals surface area contributed by atoms with Crippen molar-refractivity contribution in [3.05, 3.63) is 48.6 Å². The first-order valence-electron chi connectivity index (χ1n) is 9.59. The Hall–Kier alpha value is -1.57. The topological polar surface area (TPSA) is 37.3 Å². The molecule has 0 heterocycles. The van der Waals surface area contributed by atoms with E-state index in [0.717, 1.165) is 44.9 Å². The molecule has 136 valence electrons. The van der Waals surface area contributed by atoms with Crippen molar-refractivity contribution in [2.75, 3.05) is 0 Å². The first-order valence-corrected chi connectivity index (χ1v) is 9.59. The standard InChI is InChI=1S/C22H36O2/c1-2-3-4-5-6-7-8-9-10-11-12-13-14-15-16-17-18-19-20-21-22(23)24/h3-4,6-7,9-10,12-13H,2,5,8,11,14-21H2,1H3,(H,23,24)/b4-3-,7-6-,10-9-,13-12-. The third-order valence-corrected chi connectivity index (χ3v) is 3.73. The third-order valence-electron chi connectivity index (χ3n) is 3.73. The molecule has 0 bridgehead atoms. The third kappa shape index (κ3) is 20.4. The molecule has 0 fully saturated rings.